The normalized spacial score (nSPS) is 19.3. The van der Waals surface area contributed by atoms with Gasteiger partial charge in [-0.25, -0.2) is 9.59 Å². The van der Waals surface area contributed by atoms with Gasteiger partial charge in [-0.05, 0) is 70.6 Å². The molecule has 1 saturated carbocycles. The van der Waals surface area contributed by atoms with Crippen LogP contribution in [-0.4, -0.2) is 97.0 Å². The summed E-state index contributed by atoms with van der Waals surface area (Å²) in [6.07, 6.45) is 1.05. The lowest BCUT2D eigenvalue weighted by molar-refractivity contribution is -0.143. The molecule has 3 aliphatic rings. The van der Waals surface area contributed by atoms with Gasteiger partial charge in [0.2, 0.25) is 12.2 Å². The van der Waals surface area contributed by atoms with Crippen LogP contribution in [0, 0.1) is 6.92 Å². The molecule has 1 spiro atoms. The summed E-state index contributed by atoms with van der Waals surface area (Å²) in [6.45, 7) is 10.1. The number of nitrogens with one attached hydrogen (secondary N) is 1. The highest BCUT2D eigenvalue weighted by Crippen LogP contribution is 2.47. The van der Waals surface area contributed by atoms with E-state index in [-0.39, 0.29) is 49.4 Å². The molecule has 2 fully saturated rings. The third kappa shape index (κ3) is 6.86. The minimum absolute atomic E-state index is 0.104. The minimum atomic E-state index is -1.14. The standard InChI is InChI=1S/C31H44N4O9/c1-7-26(36)32-13-15-34-24-17-23(20(4)16-25(24)44-31(28(34)38)11-9-12-31)27(37)35(19(2)3)22-10-8-14-33(18-22)29(39)42-21(5)43-30(40)41-6/h16-17,19,21-22H,7-15,18H2,1-6H3,(H,32,36)/t21?,22-/m1/s1. The van der Waals surface area contributed by atoms with E-state index in [1.165, 1.54) is 11.8 Å². The maximum atomic E-state index is 14.2. The fourth-order valence-corrected chi connectivity index (χ4v) is 6.00. The predicted octanol–water partition coefficient (Wildman–Crippen LogP) is 3.75. The Kier molecular flexibility index (Phi) is 10.3. The number of methoxy groups -OCH3 is 1. The summed E-state index contributed by atoms with van der Waals surface area (Å²) >= 11 is 0. The van der Waals surface area contributed by atoms with Crippen molar-refractivity contribution in [2.75, 3.05) is 38.2 Å². The van der Waals surface area contributed by atoms with E-state index in [4.69, 9.17) is 14.2 Å². The van der Waals surface area contributed by atoms with Gasteiger partial charge in [-0.1, -0.05) is 6.92 Å². The number of ether oxygens (including phenoxy) is 4. The Bertz CT molecular complexity index is 1280. The molecule has 2 aliphatic heterocycles. The number of hydrogen-bond donors (Lipinski definition) is 1. The molecule has 1 aliphatic carbocycles. The van der Waals surface area contributed by atoms with Gasteiger partial charge in [0.25, 0.3) is 11.8 Å². The lowest BCUT2D eigenvalue weighted by Gasteiger charge is -2.47. The lowest BCUT2D eigenvalue weighted by Crippen LogP contribution is -2.61. The lowest BCUT2D eigenvalue weighted by atomic mass is 9.77. The van der Waals surface area contributed by atoms with Crippen molar-refractivity contribution in [3.05, 3.63) is 23.3 Å². The van der Waals surface area contributed by atoms with Crippen LogP contribution in [0.5, 0.6) is 5.75 Å². The van der Waals surface area contributed by atoms with Gasteiger partial charge in [-0.15, -0.1) is 0 Å². The summed E-state index contributed by atoms with van der Waals surface area (Å²) in [6, 6.07) is 3.04. The second kappa shape index (κ2) is 13.7. The van der Waals surface area contributed by atoms with Crippen molar-refractivity contribution in [3.8, 4) is 5.75 Å². The van der Waals surface area contributed by atoms with Gasteiger partial charge in [-0.2, -0.15) is 0 Å². The molecule has 44 heavy (non-hydrogen) atoms. The molecule has 2 atom stereocenters. The monoisotopic (exact) mass is 616 g/mol. The molecular formula is C31H44N4O9. The van der Waals surface area contributed by atoms with Crippen LogP contribution in [-0.2, 0) is 23.8 Å². The number of likely N-dealkylation sites (tertiary alicyclic amines) is 1. The van der Waals surface area contributed by atoms with E-state index < -0.39 is 24.1 Å². The number of anilines is 1. The number of rotatable bonds is 9. The maximum Gasteiger partial charge on any atom is 0.511 e. The molecule has 1 aromatic carbocycles. The number of hydrogen-bond acceptors (Lipinski definition) is 9. The Labute approximate surface area is 258 Å². The average molecular weight is 617 g/mol. The van der Waals surface area contributed by atoms with Crippen molar-refractivity contribution in [3.63, 3.8) is 0 Å². The summed E-state index contributed by atoms with van der Waals surface area (Å²) in [4.78, 5) is 68.9. The van der Waals surface area contributed by atoms with Crippen LogP contribution in [0.1, 0.15) is 82.1 Å². The van der Waals surface area contributed by atoms with Gasteiger partial charge in [0.05, 0.1) is 18.8 Å². The molecular weight excluding hydrogens is 572 g/mol. The first-order valence-electron chi connectivity index (χ1n) is 15.4. The van der Waals surface area contributed by atoms with Crippen LogP contribution in [0.2, 0.25) is 0 Å². The topological polar surface area (TPSA) is 144 Å². The van der Waals surface area contributed by atoms with Crippen molar-refractivity contribution in [2.45, 2.75) is 97.1 Å². The Morgan fingerprint density at radius 1 is 1.14 bits per heavy atom. The second-order valence-corrected chi connectivity index (χ2v) is 11.8. The van der Waals surface area contributed by atoms with Crippen LogP contribution >= 0.6 is 0 Å². The maximum absolute atomic E-state index is 14.2. The van der Waals surface area contributed by atoms with E-state index in [0.717, 1.165) is 13.5 Å². The number of aryl methyl sites for hydroxylation is 1. The molecule has 0 bridgehead atoms. The molecule has 0 radical (unpaired) electrons. The number of amides is 4. The van der Waals surface area contributed by atoms with Gasteiger partial charge in [-0.3, -0.25) is 14.4 Å². The zero-order valence-corrected chi connectivity index (χ0v) is 26.5. The third-order valence-corrected chi connectivity index (χ3v) is 8.44. The number of benzene rings is 1. The first kappa shape index (κ1) is 32.9. The fourth-order valence-electron chi connectivity index (χ4n) is 6.00. The van der Waals surface area contributed by atoms with Gasteiger partial charge >= 0.3 is 12.2 Å². The zero-order chi connectivity index (χ0) is 32.2. The molecule has 2 heterocycles. The summed E-state index contributed by atoms with van der Waals surface area (Å²) in [5.41, 5.74) is 0.747. The number of fused-ring (bicyclic) bond motifs is 1. The smallest absolute Gasteiger partial charge is 0.475 e. The van der Waals surface area contributed by atoms with Gasteiger partial charge < -0.3 is 39.0 Å². The summed E-state index contributed by atoms with van der Waals surface area (Å²) in [7, 11) is 1.16. The molecule has 13 heteroatoms. The Hall–Kier alpha value is -4.03. The number of nitrogens with zero attached hydrogens (tertiary/aromatic N) is 3. The summed E-state index contributed by atoms with van der Waals surface area (Å²) < 4.78 is 20.9. The highest BCUT2D eigenvalue weighted by molar-refractivity contribution is 6.05. The van der Waals surface area contributed by atoms with E-state index in [2.05, 4.69) is 10.1 Å². The van der Waals surface area contributed by atoms with Crippen LogP contribution in [0.25, 0.3) is 0 Å². The number of piperidine rings is 1. The SMILES string of the molecule is CCC(=O)NCCN1C(=O)C2(CCC2)Oc2cc(C)c(C(=O)N(C(C)C)[C@@H]3CCCN(C(=O)OC(C)OC(=O)OC)C3)cc21. The van der Waals surface area contributed by atoms with Gasteiger partial charge in [0.15, 0.2) is 5.60 Å². The first-order valence-corrected chi connectivity index (χ1v) is 15.4. The van der Waals surface area contributed by atoms with E-state index in [1.54, 1.807) is 22.8 Å². The molecule has 1 saturated heterocycles. The zero-order valence-electron chi connectivity index (χ0n) is 26.5. The molecule has 1 aromatic rings. The highest BCUT2D eigenvalue weighted by atomic mass is 16.8. The summed E-state index contributed by atoms with van der Waals surface area (Å²) in [5.74, 6) is 0.0639. The molecule has 242 valence electrons. The molecule has 4 rings (SSSR count). The van der Waals surface area contributed by atoms with Crippen LogP contribution in [0.15, 0.2) is 12.1 Å². The van der Waals surface area contributed by atoms with Crippen molar-refractivity contribution < 1.29 is 42.9 Å². The first-order chi connectivity index (χ1) is 20.9. The quantitative estimate of drug-likeness (QED) is 0.324. The Morgan fingerprint density at radius 3 is 2.48 bits per heavy atom. The van der Waals surface area contributed by atoms with Crippen molar-refractivity contribution >= 4 is 35.7 Å². The molecule has 1 N–H and O–H groups in total. The summed E-state index contributed by atoms with van der Waals surface area (Å²) in [5, 5.41) is 2.83. The minimum Gasteiger partial charge on any atom is -0.475 e. The fraction of sp³-hybridized carbons (Fsp3) is 0.645. The average Bonchev–Trinajstić information content (AvgIpc) is 2.96. The molecule has 0 aromatic heterocycles. The van der Waals surface area contributed by atoms with Crippen molar-refractivity contribution in [1.29, 1.82) is 0 Å². The Morgan fingerprint density at radius 2 is 1.86 bits per heavy atom. The third-order valence-electron chi connectivity index (χ3n) is 8.44. The second-order valence-electron chi connectivity index (χ2n) is 11.8. The van der Waals surface area contributed by atoms with Crippen molar-refractivity contribution in [1.82, 2.24) is 15.1 Å². The number of carbonyl (C=O) groups excluding carboxylic acids is 5. The van der Waals surface area contributed by atoms with Crippen LogP contribution in [0.3, 0.4) is 0 Å². The van der Waals surface area contributed by atoms with Crippen molar-refractivity contribution in [2.24, 2.45) is 0 Å². The van der Waals surface area contributed by atoms with E-state index in [0.29, 0.717) is 61.2 Å². The predicted molar refractivity (Wildman–Crippen MR) is 159 cm³/mol. The van der Waals surface area contributed by atoms with Gasteiger partial charge in [0.1, 0.15) is 5.75 Å². The Balaban J connectivity index is 1.56. The van der Waals surface area contributed by atoms with E-state index in [9.17, 15) is 24.0 Å². The number of carbonyl (C=O) groups is 5. The van der Waals surface area contributed by atoms with Gasteiger partial charge in [0, 0.05) is 51.1 Å². The van der Waals surface area contributed by atoms with Crippen LogP contribution < -0.4 is 15.0 Å². The van der Waals surface area contributed by atoms with Crippen LogP contribution in [0.4, 0.5) is 15.3 Å². The van der Waals surface area contributed by atoms with E-state index in [1.807, 2.05) is 26.8 Å². The highest BCUT2D eigenvalue weighted by Gasteiger charge is 2.52. The molecule has 13 nitrogen and oxygen atoms in total. The molecule has 4 amide bonds. The molecule has 1 unspecified atom stereocenters. The largest absolute Gasteiger partial charge is 0.511 e. The van der Waals surface area contributed by atoms with E-state index >= 15 is 0 Å².